The summed E-state index contributed by atoms with van der Waals surface area (Å²) in [7, 11) is 0. The number of halogens is 1. The lowest BCUT2D eigenvalue weighted by Crippen LogP contribution is -2.12. The second kappa shape index (κ2) is 5.15. The van der Waals surface area contributed by atoms with Crippen LogP contribution in [0.25, 0.3) is 0 Å². The van der Waals surface area contributed by atoms with Gasteiger partial charge in [-0.15, -0.1) is 0 Å². The van der Waals surface area contributed by atoms with E-state index in [9.17, 15) is 4.79 Å². The minimum Gasteiger partial charge on any atom is -0.466 e. The van der Waals surface area contributed by atoms with Crippen molar-refractivity contribution in [1.29, 1.82) is 0 Å². The van der Waals surface area contributed by atoms with Gasteiger partial charge in [-0.1, -0.05) is 34.7 Å². The fraction of sp³-hybridized carbons (Fsp3) is 0.364. The largest absolute Gasteiger partial charge is 0.466 e. The van der Waals surface area contributed by atoms with Crippen LogP contribution in [0, 0.1) is 5.92 Å². The van der Waals surface area contributed by atoms with E-state index in [2.05, 4.69) is 22.5 Å². The monoisotopic (exact) mass is 256 g/mol. The average molecular weight is 257 g/mol. The van der Waals surface area contributed by atoms with Crippen LogP contribution in [0.4, 0.5) is 0 Å². The van der Waals surface area contributed by atoms with Gasteiger partial charge in [0.25, 0.3) is 0 Å². The first kappa shape index (κ1) is 11.2. The fourth-order valence-corrected chi connectivity index (χ4v) is 1.71. The van der Waals surface area contributed by atoms with Gasteiger partial charge in [0.1, 0.15) is 0 Å². The third kappa shape index (κ3) is 2.84. The van der Waals surface area contributed by atoms with Gasteiger partial charge in [-0.25, -0.2) is 0 Å². The SMILES string of the molecule is C=C1C(Br)=CC=CC1CC(=O)OCC. The van der Waals surface area contributed by atoms with Crippen molar-refractivity contribution in [3.05, 3.63) is 34.9 Å². The maximum atomic E-state index is 11.2. The zero-order valence-electron chi connectivity index (χ0n) is 8.13. The van der Waals surface area contributed by atoms with Crippen molar-refractivity contribution in [3.63, 3.8) is 0 Å². The second-order valence-electron chi connectivity index (χ2n) is 3.04. The summed E-state index contributed by atoms with van der Waals surface area (Å²) in [5.41, 5.74) is 0.931. The number of allylic oxidation sites excluding steroid dienone is 5. The predicted octanol–water partition coefficient (Wildman–Crippen LogP) is 2.96. The number of carbonyl (C=O) groups is 1. The van der Waals surface area contributed by atoms with Gasteiger partial charge in [-0.2, -0.15) is 0 Å². The third-order valence-electron chi connectivity index (χ3n) is 2.03. The Morgan fingerprint density at radius 3 is 3.07 bits per heavy atom. The van der Waals surface area contributed by atoms with Gasteiger partial charge in [0.15, 0.2) is 0 Å². The Kier molecular flexibility index (Phi) is 4.14. The minimum absolute atomic E-state index is 0.0634. The van der Waals surface area contributed by atoms with Crippen LogP contribution in [-0.2, 0) is 9.53 Å². The molecule has 14 heavy (non-hydrogen) atoms. The fourth-order valence-electron chi connectivity index (χ4n) is 1.27. The van der Waals surface area contributed by atoms with E-state index in [1.165, 1.54) is 0 Å². The number of carbonyl (C=O) groups excluding carboxylic acids is 1. The molecular weight excluding hydrogens is 244 g/mol. The van der Waals surface area contributed by atoms with Crippen molar-refractivity contribution in [1.82, 2.24) is 0 Å². The quantitative estimate of drug-likeness (QED) is 0.726. The standard InChI is InChI=1S/C11H13BrO2/c1-3-14-11(13)7-9-5-4-6-10(12)8(9)2/h4-6,9H,2-3,7H2,1H3. The Balaban J connectivity index is 2.55. The number of hydrogen-bond acceptors (Lipinski definition) is 2. The van der Waals surface area contributed by atoms with Crippen molar-refractivity contribution in [2.24, 2.45) is 5.92 Å². The highest BCUT2D eigenvalue weighted by molar-refractivity contribution is 9.12. The molecule has 76 valence electrons. The van der Waals surface area contributed by atoms with Crippen LogP contribution >= 0.6 is 15.9 Å². The minimum atomic E-state index is -0.175. The first-order valence-electron chi connectivity index (χ1n) is 4.54. The first-order valence-corrected chi connectivity index (χ1v) is 5.33. The molecule has 0 aromatic rings. The molecule has 1 aliphatic carbocycles. The Labute approximate surface area is 92.5 Å². The number of hydrogen-bond donors (Lipinski definition) is 0. The summed E-state index contributed by atoms with van der Waals surface area (Å²) in [6.45, 7) is 6.15. The van der Waals surface area contributed by atoms with Crippen LogP contribution in [0.5, 0.6) is 0 Å². The zero-order valence-corrected chi connectivity index (χ0v) is 9.71. The van der Waals surface area contributed by atoms with Crippen molar-refractivity contribution >= 4 is 21.9 Å². The van der Waals surface area contributed by atoms with Crippen molar-refractivity contribution in [2.75, 3.05) is 6.61 Å². The molecule has 0 bridgehead atoms. The highest BCUT2D eigenvalue weighted by Gasteiger charge is 2.18. The molecule has 0 aromatic heterocycles. The van der Waals surface area contributed by atoms with Crippen LogP contribution in [0.3, 0.4) is 0 Å². The molecule has 0 aromatic carbocycles. The van der Waals surface area contributed by atoms with Crippen LogP contribution in [-0.4, -0.2) is 12.6 Å². The van der Waals surface area contributed by atoms with E-state index < -0.39 is 0 Å². The first-order chi connectivity index (χ1) is 6.65. The Hall–Kier alpha value is -0.830. The molecule has 0 radical (unpaired) electrons. The molecule has 0 amide bonds. The van der Waals surface area contributed by atoms with Crippen LogP contribution < -0.4 is 0 Å². The van der Waals surface area contributed by atoms with Crippen molar-refractivity contribution in [2.45, 2.75) is 13.3 Å². The molecule has 0 saturated heterocycles. The van der Waals surface area contributed by atoms with Crippen LogP contribution in [0.15, 0.2) is 34.9 Å². The molecule has 0 heterocycles. The molecule has 0 N–H and O–H groups in total. The third-order valence-corrected chi connectivity index (χ3v) is 2.81. The average Bonchev–Trinajstić information content (AvgIpc) is 2.13. The maximum Gasteiger partial charge on any atom is 0.306 e. The normalized spacial score (nSPS) is 20.6. The molecule has 1 unspecified atom stereocenters. The lowest BCUT2D eigenvalue weighted by atomic mass is 9.93. The van der Waals surface area contributed by atoms with E-state index in [0.717, 1.165) is 10.1 Å². The number of ether oxygens (including phenoxy) is 1. The van der Waals surface area contributed by atoms with E-state index in [4.69, 9.17) is 4.74 Å². The van der Waals surface area contributed by atoms with E-state index in [1.807, 2.05) is 18.2 Å². The summed E-state index contributed by atoms with van der Waals surface area (Å²) in [6.07, 6.45) is 6.17. The van der Waals surface area contributed by atoms with Gasteiger partial charge in [0.05, 0.1) is 13.0 Å². The smallest absolute Gasteiger partial charge is 0.306 e. The molecule has 1 aliphatic rings. The highest BCUT2D eigenvalue weighted by atomic mass is 79.9. The summed E-state index contributed by atoms with van der Waals surface area (Å²) in [6, 6.07) is 0. The number of esters is 1. The predicted molar refractivity (Wildman–Crippen MR) is 60.0 cm³/mol. The topological polar surface area (TPSA) is 26.3 Å². The van der Waals surface area contributed by atoms with Gasteiger partial charge in [0, 0.05) is 10.4 Å². The lowest BCUT2D eigenvalue weighted by Gasteiger charge is -2.17. The number of rotatable bonds is 3. The lowest BCUT2D eigenvalue weighted by molar-refractivity contribution is -0.143. The van der Waals surface area contributed by atoms with Gasteiger partial charge in [-0.3, -0.25) is 4.79 Å². The summed E-state index contributed by atoms with van der Waals surface area (Å²) in [5, 5.41) is 0. The molecule has 2 nitrogen and oxygen atoms in total. The Morgan fingerprint density at radius 2 is 2.43 bits per heavy atom. The molecule has 0 fully saturated rings. The zero-order chi connectivity index (χ0) is 10.6. The summed E-state index contributed by atoms with van der Waals surface area (Å²) in [5.74, 6) is -0.112. The summed E-state index contributed by atoms with van der Waals surface area (Å²) in [4.78, 5) is 11.2. The molecule has 0 spiro atoms. The van der Waals surface area contributed by atoms with Gasteiger partial charge >= 0.3 is 5.97 Å². The molecule has 1 rings (SSSR count). The van der Waals surface area contributed by atoms with E-state index >= 15 is 0 Å². The molecule has 0 saturated carbocycles. The molecular formula is C11H13BrO2. The van der Waals surface area contributed by atoms with E-state index in [1.54, 1.807) is 6.92 Å². The maximum absolute atomic E-state index is 11.2. The second-order valence-corrected chi connectivity index (χ2v) is 3.89. The molecule has 0 aliphatic heterocycles. The van der Waals surface area contributed by atoms with Gasteiger partial charge in [0.2, 0.25) is 0 Å². The van der Waals surface area contributed by atoms with E-state index in [-0.39, 0.29) is 11.9 Å². The highest BCUT2D eigenvalue weighted by Crippen LogP contribution is 2.30. The van der Waals surface area contributed by atoms with Crippen LogP contribution in [0.2, 0.25) is 0 Å². The van der Waals surface area contributed by atoms with Gasteiger partial charge in [-0.05, 0) is 18.6 Å². The Morgan fingerprint density at radius 1 is 1.71 bits per heavy atom. The van der Waals surface area contributed by atoms with E-state index in [0.29, 0.717) is 13.0 Å². The molecule has 3 heteroatoms. The van der Waals surface area contributed by atoms with Crippen molar-refractivity contribution < 1.29 is 9.53 Å². The summed E-state index contributed by atoms with van der Waals surface area (Å²) >= 11 is 3.38. The molecule has 1 atom stereocenters. The van der Waals surface area contributed by atoms with Crippen molar-refractivity contribution in [3.8, 4) is 0 Å². The Bertz CT molecular complexity index is 302. The summed E-state index contributed by atoms with van der Waals surface area (Å²) < 4.78 is 5.83. The van der Waals surface area contributed by atoms with Gasteiger partial charge < -0.3 is 4.74 Å². The van der Waals surface area contributed by atoms with Crippen LogP contribution in [0.1, 0.15) is 13.3 Å².